The Morgan fingerprint density at radius 3 is 2.83 bits per heavy atom. The lowest BCUT2D eigenvalue weighted by atomic mass is 10.1. The van der Waals surface area contributed by atoms with Gasteiger partial charge in [0.2, 0.25) is 5.95 Å². The maximum Gasteiger partial charge on any atom is 0.225 e. The van der Waals surface area contributed by atoms with Crippen molar-refractivity contribution in [3.05, 3.63) is 35.6 Å². The Morgan fingerprint density at radius 2 is 2.11 bits per heavy atom. The lowest BCUT2D eigenvalue weighted by Gasteiger charge is -2.33. The van der Waals surface area contributed by atoms with E-state index in [2.05, 4.69) is 40.3 Å². The van der Waals surface area contributed by atoms with Crippen LogP contribution in [0, 0.1) is 0 Å². The summed E-state index contributed by atoms with van der Waals surface area (Å²) in [4.78, 5) is 15.1. The predicted molar refractivity (Wildman–Crippen MR) is 72.4 cm³/mol. The van der Waals surface area contributed by atoms with Crippen LogP contribution in [0.2, 0.25) is 0 Å². The minimum Gasteiger partial charge on any atom is -0.339 e. The molecule has 0 radical (unpaired) electrons. The van der Waals surface area contributed by atoms with Gasteiger partial charge in [0, 0.05) is 37.9 Å². The van der Waals surface area contributed by atoms with E-state index in [1.807, 2.05) is 18.7 Å². The number of hydrogen-bond acceptors (Lipinski definition) is 4. The zero-order valence-corrected chi connectivity index (χ0v) is 11.5. The molecule has 5 nitrogen and oxygen atoms in total. The largest absolute Gasteiger partial charge is 0.339 e. The van der Waals surface area contributed by atoms with Gasteiger partial charge in [0.25, 0.3) is 0 Å². The smallest absolute Gasteiger partial charge is 0.225 e. The Labute approximate surface area is 114 Å². The monoisotopic (exact) mass is 307 g/mol. The van der Waals surface area contributed by atoms with Crippen LogP contribution in [0.4, 0.5) is 5.95 Å². The minimum atomic E-state index is 0.466. The van der Waals surface area contributed by atoms with Crippen molar-refractivity contribution in [3.8, 4) is 0 Å². The van der Waals surface area contributed by atoms with Gasteiger partial charge in [0.05, 0.1) is 16.8 Å². The number of aromatic nitrogens is 4. The van der Waals surface area contributed by atoms with Gasteiger partial charge < -0.3 is 9.47 Å². The molecular weight excluding hydrogens is 294 g/mol. The van der Waals surface area contributed by atoms with Crippen molar-refractivity contribution in [3.63, 3.8) is 0 Å². The molecule has 0 aliphatic carbocycles. The summed E-state index contributed by atoms with van der Waals surface area (Å²) in [7, 11) is 0. The molecule has 0 N–H and O–H groups in total. The van der Waals surface area contributed by atoms with Crippen LogP contribution < -0.4 is 4.90 Å². The number of anilines is 1. The quantitative estimate of drug-likeness (QED) is 0.854. The summed E-state index contributed by atoms with van der Waals surface area (Å²) in [5.41, 5.74) is 0. The van der Waals surface area contributed by atoms with Crippen molar-refractivity contribution in [2.75, 3.05) is 18.0 Å². The summed E-state index contributed by atoms with van der Waals surface area (Å²) in [6, 6.07) is 0.466. The van der Waals surface area contributed by atoms with Crippen molar-refractivity contribution in [1.82, 2.24) is 19.5 Å². The van der Waals surface area contributed by atoms with Gasteiger partial charge in [-0.2, -0.15) is 0 Å². The maximum atomic E-state index is 4.36. The molecule has 3 rings (SSSR count). The number of halogens is 1. The Morgan fingerprint density at radius 1 is 1.28 bits per heavy atom. The fraction of sp³-hybridized carbons (Fsp3) is 0.417. The zero-order valence-electron chi connectivity index (χ0n) is 9.91. The second kappa shape index (κ2) is 5.06. The molecule has 1 aliphatic rings. The molecule has 0 spiro atoms. The summed E-state index contributed by atoms with van der Waals surface area (Å²) >= 11 is 3.36. The van der Waals surface area contributed by atoms with Crippen LogP contribution in [0.25, 0.3) is 0 Å². The van der Waals surface area contributed by atoms with Gasteiger partial charge in [0.15, 0.2) is 0 Å². The summed E-state index contributed by atoms with van der Waals surface area (Å²) in [6.45, 7) is 1.96. The minimum absolute atomic E-state index is 0.466. The third-order valence-corrected chi connectivity index (χ3v) is 3.64. The van der Waals surface area contributed by atoms with E-state index in [1.54, 1.807) is 12.4 Å². The van der Waals surface area contributed by atoms with Crippen LogP contribution in [-0.2, 0) is 0 Å². The van der Waals surface area contributed by atoms with E-state index in [-0.39, 0.29) is 0 Å². The molecule has 1 atom stereocenters. The molecule has 0 bridgehead atoms. The highest BCUT2D eigenvalue weighted by atomic mass is 79.9. The third kappa shape index (κ3) is 2.38. The molecule has 1 fully saturated rings. The summed E-state index contributed by atoms with van der Waals surface area (Å²) < 4.78 is 3.08. The summed E-state index contributed by atoms with van der Waals surface area (Å²) in [5.74, 6) is 0.808. The fourth-order valence-electron chi connectivity index (χ4n) is 2.33. The Kier molecular flexibility index (Phi) is 3.27. The van der Waals surface area contributed by atoms with Gasteiger partial charge in [-0.15, -0.1) is 0 Å². The van der Waals surface area contributed by atoms with Gasteiger partial charge in [-0.3, -0.25) is 0 Å². The number of nitrogens with zero attached hydrogens (tertiary/aromatic N) is 5. The summed E-state index contributed by atoms with van der Waals surface area (Å²) in [5, 5.41) is 0. The molecule has 0 saturated carbocycles. The molecule has 94 valence electrons. The van der Waals surface area contributed by atoms with E-state index in [1.165, 1.54) is 6.42 Å². The first-order chi connectivity index (χ1) is 8.83. The SMILES string of the molecule is Brc1cnc(N2CCC[C@@H](n3ccnc3)C2)nc1. The summed E-state index contributed by atoms with van der Waals surface area (Å²) in [6.07, 6.45) is 11.7. The van der Waals surface area contributed by atoms with Crippen LogP contribution >= 0.6 is 15.9 Å². The molecular formula is C12H14BrN5. The fourth-order valence-corrected chi connectivity index (χ4v) is 2.54. The Balaban J connectivity index is 1.76. The highest BCUT2D eigenvalue weighted by molar-refractivity contribution is 9.10. The first kappa shape index (κ1) is 11.6. The zero-order chi connectivity index (χ0) is 12.4. The van der Waals surface area contributed by atoms with E-state index in [4.69, 9.17) is 0 Å². The van der Waals surface area contributed by atoms with Crippen LogP contribution in [-0.4, -0.2) is 32.6 Å². The first-order valence-corrected chi connectivity index (χ1v) is 6.82. The molecule has 0 unspecified atom stereocenters. The maximum absolute atomic E-state index is 4.36. The lowest BCUT2D eigenvalue weighted by Crippen LogP contribution is -2.37. The van der Waals surface area contributed by atoms with E-state index >= 15 is 0 Å². The van der Waals surface area contributed by atoms with Crippen LogP contribution in [0.15, 0.2) is 35.6 Å². The van der Waals surface area contributed by atoms with Gasteiger partial charge in [0.1, 0.15) is 0 Å². The molecule has 6 heteroatoms. The van der Waals surface area contributed by atoms with Crippen LogP contribution in [0.3, 0.4) is 0 Å². The molecule has 3 heterocycles. The Bertz CT molecular complexity index is 496. The van der Waals surface area contributed by atoms with Gasteiger partial charge in [-0.05, 0) is 28.8 Å². The van der Waals surface area contributed by atoms with Gasteiger partial charge in [-0.25, -0.2) is 15.0 Å². The predicted octanol–water partition coefficient (Wildman–Crippen LogP) is 2.28. The topological polar surface area (TPSA) is 46.8 Å². The van der Waals surface area contributed by atoms with Crippen molar-refractivity contribution < 1.29 is 0 Å². The molecule has 0 aromatic carbocycles. The normalized spacial score (nSPS) is 20.1. The average Bonchev–Trinajstić information content (AvgIpc) is 2.94. The van der Waals surface area contributed by atoms with E-state index < -0.39 is 0 Å². The molecule has 0 amide bonds. The molecule has 2 aromatic heterocycles. The number of piperidine rings is 1. The van der Waals surface area contributed by atoms with E-state index in [9.17, 15) is 0 Å². The van der Waals surface area contributed by atoms with E-state index in [0.717, 1.165) is 29.9 Å². The van der Waals surface area contributed by atoms with Gasteiger partial charge >= 0.3 is 0 Å². The van der Waals surface area contributed by atoms with Crippen LogP contribution in [0.1, 0.15) is 18.9 Å². The highest BCUT2D eigenvalue weighted by Gasteiger charge is 2.22. The number of imidazole rings is 1. The second-order valence-electron chi connectivity index (χ2n) is 4.45. The average molecular weight is 308 g/mol. The Hall–Kier alpha value is -1.43. The van der Waals surface area contributed by atoms with Crippen molar-refractivity contribution in [2.45, 2.75) is 18.9 Å². The van der Waals surface area contributed by atoms with Gasteiger partial charge in [-0.1, -0.05) is 0 Å². The lowest BCUT2D eigenvalue weighted by molar-refractivity contribution is 0.401. The van der Waals surface area contributed by atoms with E-state index in [0.29, 0.717) is 6.04 Å². The molecule has 1 saturated heterocycles. The third-order valence-electron chi connectivity index (χ3n) is 3.23. The first-order valence-electron chi connectivity index (χ1n) is 6.03. The van der Waals surface area contributed by atoms with Crippen molar-refractivity contribution in [2.24, 2.45) is 0 Å². The second-order valence-corrected chi connectivity index (χ2v) is 5.37. The highest BCUT2D eigenvalue weighted by Crippen LogP contribution is 2.24. The van der Waals surface area contributed by atoms with Crippen LogP contribution in [0.5, 0.6) is 0 Å². The number of hydrogen-bond donors (Lipinski definition) is 0. The molecule has 2 aromatic rings. The molecule has 18 heavy (non-hydrogen) atoms. The standard InChI is InChI=1S/C12H14BrN5/c13-10-6-15-12(16-7-10)17-4-1-2-11(8-17)18-5-3-14-9-18/h3,5-7,9,11H,1-2,4,8H2/t11-/m1/s1. The number of rotatable bonds is 2. The molecule has 1 aliphatic heterocycles. The van der Waals surface area contributed by atoms with Crippen molar-refractivity contribution in [1.29, 1.82) is 0 Å². The van der Waals surface area contributed by atoms with Crippen molar-refractivity contribution >= 4 is 21.9 Å².